The summed E-state index contributed by atoms with van der Waals surface area (Å²) < 4.78 is 5.56. The van der Waals surface area contributed by atoms with Crippen LogP contribution in [0, 0.1) is 0 Å². The molecule has 1 saturated heterocycles. The van der Waals surface area contributed by atoms with Crippen molar-refractivity contribution in [3.05, 3.63) is 48.5 Å². The highest BCUT2D eigenvalue weighted by molar-refractivity contribution is 7.99. The van der Waals surface area contributed by atoms with Crippen LogP contribution in [0.3, 0.4) is 0 Å². The highest BCUT2D eigenvalue weighted by atomic mass is 32.2. The number of hydrogen-bond acceptors (Lipinski definition) is 4. The number of para-hydroxylation sites is 2. The standard InChI is InChI=1S/C20H22N2O2S/c23-20(21-14-15-6-5-13-24-15)11-12-22-16-7-1-3-9-18(16)25-19-10-4-2-8-17(19)22/h1-4,7-10,15H,5-6,11-14H2,(H,21,23)/t15-/m1/s1. The molecule has 2 aliphatic heterocycles. The van der Waals surface area contributed by atoms with Crippen LogP contribution in [-0.2, 0) is 9.53 Å². The molecule has 2 heterocycles. The lowest BCUT2D eigenvalue weighted by molar-refractivity contribution is -0.121. The maximum absolute atomic E-state index is 12.3. The van der Waals surface area contributed by atoms with E-state index in [4.69, 9.17) is 4.74 Å². The Labute approximate surface area is 152 Å². The molecule has 1 atom stereocenters. The molecule has 0 aromatic heterocycles. The lowest BCUT2D eigenvalue weighted by Crippen LogP contribution is -2.34. The van der Waals surface area contributed by atoms with E-state index in [1.165, 1.54) is 21.2 Å². The highest BCUT2D eigenvalue weighted by Gasteiger charge is 2.23. The zero-order valence-corrected chi connectivity index (χ0v) is 14.9. The number of rotatable bonds is 5. The van der Waals surface area contributed by atoms with Crippen LogP contribution >= 0.6 is 11.8 Å². The van der Waals surface area contributed by atoms with Crippen molar-refractivity contribution in [1.29, 1.82) is 0 Å². The molecule has 25 heavy (non-hydrogen) atoms. The van der Waals surface area contributed by atoms with Gasteiger partial charge in [0.2, 0.25) is 5.91 Å². The fourth-order valence-corrected chi connectivity index (χ4v) is 4.45. The van der Waals surface area contributed by atoms with E-state index in [0.29, 0.717) is 19.5 Å². The minimum absolute atomic E-state index is 0.0867. The summed E-state index contributed by atoms with van der Waals surface area (Å²) in [6.45, 7) is 2.12. The first-order valence-electron chi connectivity index (χ1n) is 8.83. The second kappa shape index (κ2) is 7.50. The smallest absolute Gasteiger partial charge is 0.221 e. The monoisotopic (exact) mass is 354 g/mol. The van der Waals surface area contributed by atoms with Crippen LogP contribution < -0.4 is 10.2 Å². The molecule has 0 saturated carbocycles. The normalized spacial score (nSPS) is 18.6. The minimum atomic E-state index is 0.0867. The van der Waals surface area contributed by atoms with E-state index in [9.17, 15) is 4.79 Å². The first kappa shape index (κ1) is 16.5. The van der Waals surface area contributed by atoms with Gasteiger partial charge in [-0.1, -0.05) is 36.0 Å². The van der Waals surface area contributed by atoms with Gasteiger partial charge >= 0.3 is 0 Å². The highest BCUT2D eigenvalue weighted by Crippen LogP contribution is 2.47. The number of ether oxygens (including phenoxy) is 1. The van der Waals surface area contributed by atoms with Crippen molar-refractivity contribution in [3.63, 3.8) is 0 Å². The number of anilines is 2. The Balaban J connectivity index is 1.43. The van der Waals surface area contributed by atoms with Gasteiger partial charge in [0, 0.05) is 35.9 Å². The predicted octanol–water partition coefficient (Wildman–Crippen LogP) is 3.97. The Morgan fingerprint density at radius 2 is 1.80 bits per heavy atom. The molecule has 5 heteroatoms. The van der Waals surface area contributed by atoms with Gasteiger partial charge in [-0.05, 0) is 37.1 Å². The molecule has 130 valence electrons. The van der Waals surface area contributed by atoms with Gasteiger partial charge in [0.05, 0.1) is 17.5 Å². The molecular weight excluding hydrogens is 332 g/mol. The predicted molar refractivity (Wildman–Crippen MR) is 101 cm³/mol. The number of carbonyl (C=O) groups is 1. The Hall–Kier alpha value is -1.98. The van der Waals surface area contributed by atoms with E-state index in [1.54, 1.807) is 11.8 Å². The Bertz CT molecular complexity index is 713. The quantitative estimate of drug-likeness (QED) is 0.882. The van der Waals surface area contributed by atoms with Crippen molar-refractivity contribution in [2.45, 2.75) is 35.2 Å². The molecule has 0 spiro atoms. The topological polar surface area (TPSA) is 41.6 Å². The third kappa shape index (κ3) is 3.67. The number of nitrogens with one attached hydrogen (secondary N) is 1. The maximum atomic E-state index is 12.3. The number of nitrogens with zero attached hydrogens (tertiary/aromatic N) is 1. The van der Waals surface area contributed by atoms with Gasteiger partial charge in [0.1, 0.15) is 0 Å². The molecule has 4 nitrogen and oxygen atoms in total. The van der Waals surface area contributed by atoms with Crippen LogP contribution in [0.1, 0.15) is 19.3 Å². The van der Waals surface area contributed by atoms with Crippen LogP contribution in [-0.4, -0.2) is 31.7 Å². The van der Waals surface area contributed by atoms with Gasteiger partial charge in [0.15, 0.2) is 0 Å². The second-order valence-corrected chi connectivity index (χ2v) is 7.46. The first-order valence-corrected chi connectivity index (χ1v) is 9.64. The summed E-state index contributed by atoms with van der Waals surface area (Å²) in [4.78, 5) is 17.0. The van der Waals surface area contributed by atoms with E-state index in [1.807, 2.05) is 0 Å². The fraction of sp³-hybridized carbons (Fsp3) is 0.350. The molecule has 4 rings (SSSR count). The molecule has 2 aromatic carbocycles. The number of benzene rings is 2. The Kier molecular flexibility index (Phi) is 4.95. The summed E-state index contributed by atoms with van der Waals surface area (Å²) in [7, 11) is 0. The second-order valence-electron chi connectivity index (χ2n) is 6.38. The van der Waals surface area contributed by atoms with Gasteiger partial charge in [-0.25, -0.2) is 0 Å². The van der Waals surface area contributed by atoms with Crippen LogP contribution in [0.25, 0.3) is 0 Å². The summed E-state index contributed by atoms with van der Waals surface area (Å²) in [6, 6.07) is 16.8. The molecule has 1 N–H and O–H groups in total. The Morgan fingerprint density at radius 3 is 2.44 bits per heavy atom. The zero-order chi connectivity index (χ0) is 17.1. The van der Waals surface area contributed by atoms with Crippen molar-refractivity contribution in [2.75, 3.05) is 24.6 Å². The van der Waals surface area contributed by atoms with Gasteiger partial charge in [-0.2, -0.15) is 0 Å². The third-order valence-corrected chi connectivity index (χ3v) is 5.78. The minimum Gasteiger partial charge on any atom is -0.376 e. The SMILES string of the molecule is O=C(CCN1c2ccccc2Sc2ccccc21)NC[C@H]1CCCO1. The van der Waals surface area contributed by atoms with Crippen molar-refractivity contribution in [3.8, 4) is 0 Å². The molecule has 1 amide bonds. The third-order valence-electron chi connectivity index (χ3n) is 4.65. The van der Waals surface area contributed by atoms with Crippen LogP contribution in [0.5, 0.6) is 0 Å². The van der Waals surface area contributed by atoms with Crippen molar-refractivity contribution < 1.29 is 9.53 Å². The molecule has 2 aromatic rings. The molecule has 1 fully saturated rings. The molecule has 0 aliphatic carbocycles. The Morgan fingerprint density at radius 1 is 1.12 bits per heavy atom. The van der Waals surface area contributed by atoms with Crippen LogP contribution in [0.2, 0.25) is 0 Å². The van der Waals surface area contributed by atoms with E-state index in [0.717, 1.165) is 19.4 Å². The van der Waals surface area contributed by atoms with E-state index in [2.05, 4.69) is 58.7 Å². The molecule has 0 radical (unpaired) electrons. The largest absolute Gasteiger partial charge is 0.376 e. The van der Waals surface area contributed by atoms with Crippen molar-refractivity contribution in [2.24, 2.45) is 0 Å². The summed E-state index contributed by atoms with van der Waals surface area (Å²) in [5, 5.41) is 3.02. The molecular formula is C20H22N2O2S. The van der Waals surface area contributed by atoms with Gasteiger partial charge < -0.3 is 15.0 Å². The summed E-state index contributed by atoms with van der Waals surface area (Å²) in [5.41, 5.74) is 2.36. The number of fused-ring (bicyclic) bond motifs is 2. The number of amides is 1. The van der Waals surface area contributed by atoms with E-state index in [-0.39, 0.29) is 12.0 Å². The molecule has 0 bridgehead atoms. The van der Waals surface area contributed by atoms with Gasteiger partial charge in [0.25, 0.3) is 0 Å². The fourth-order valence-electron chi connectivity index (χ4n) is 3.36. The zero-order valence-electron chi connectivity index (χ0n) is 14.1. The number of hydrogen-bond donors (Lipinski definition) is 1. The van der Waals surface area contributed by atoms with Crippen LogP contribution in [0.15, 0.2) is 58.3 Å². The molecule has 0 unspecified atom stereocenters. The first-order chi connectivity index (χ1) is 12.3. The molecule has 2 aliphatic rings. The number of carbonyl (C=O) groups excluding carboxylic acids is 1. The average molecular weight is 354 g/mol. The van der Waals surface area contributed by atoms with Crippen molar-refractivity contribution >= 4 is 29.0 Å². The van der Waals surface area contributed by atoms with E-state index < -0.39 is 0 Å². The lowest BCUT2D eigenvalue weighted by Gasteiger charge is -2.32. The van der Waals surface area contributed by atoms with Gasteiger partial charge in [-0.3, -0.25) is 4.79 Å². The van der Waals surface area contributed by atoms with Crippen molar-refractivity contribution in [1.82, 2.24) is 5.32 Å². The van der Waals surface area contributed by atoms with E-state index >= 15 is 0 Å². The van der Waals surface area contributed by atoms with Crippen LogP contribution in [0.4, 0.5) is 11.4 Å². The van der Waals surface area contributed by atoms with Gasteiger partial charge in [-0.15, -0.1) is 0 Å². The average Bonchev–Trinajstić information content (AvgIpc) is 3.17. The summed E-state index contributed by atoms with van der Waals surface area (Å²) in [6.07, 6.45) is 2.81. The summed E-state index contributed by atoms with van der Waals surface area (Å²) >= 11 is 1.79. The summed E-state index contributed by atoms with van der Waals surface area (Å²) in [5.74, 6) is 0.0867. The maximum Gasteiger partial charge on any atom is 0.221 e. The lowest BCUT2D eigenvalue weighted by atomic mass is 10.2.